The minimum atomic E-state index is -1.39. The molecule has 0 saturated heterocycles. The fourth-order valence-corrected chi connectivity index (χ4v) is 1.68. The van der Waals surface area contributed by atoms with Gasteiger partial charge in [-0.15, -0.1) is 0 Å². The first-order valence-electron chi connectivity index (χ1n) is 7.60. The maximum atomic E-state index is 8.98. The molecule has 0 saturated carbocycles. The molecule has 0 aromatic heterocycles. The van der Waals surface area contributed by atoms with Gasteiger partial charge in [0.2, 0.25) is 0 Å². The van der Waals surface area contributed by atoms with Crippen molar-refractivity contribution in [3.05, 3.63) is 42.0 Å². The quantitative estimate of drug-likeness (QED) is 0.312. The zero-order valence-corrected chi connectivity index (χ0v) is 13.5. The average Bonchev–Trinajstić information content (AvgIpc) is 2.48. The highest BCUT2D eigenvalue weighted by Crippen LogP contribution is 1.96. The lowest BCUT2D eigenvalue weighted by molar-refractivity contribution is 0.426. The van der Waals surface area contributed by atoms with Gasteiger partial charge in [0.25, 0.3) is 0 Å². The first-order valence-corrected chi connectivity index (χ1v) is 7.60. The Morgan fingerprint density at radius 2 is 1.67 bits per heavy atom. The summed E-state index contributed by atoms with van der Waals surface area (Å²) in [5.41, 5.74) is 2.81. The highest BCUT2D eigenvalue weighted by Gasteiger charge is 2.09. The van der Waals surface area contributed by atoms with Gasteiger partial charge in [0.1, 0.15) is 0 Å². The van der Waals surface area contributed by atoms with Crippen LogP contribution in [0.25, 0.3) is 0 Å². The number of rotatable bonds is 9. The highest BCUT2D eigenvalue weighted by molar-refractivity contribution is 6.58. The van der Waals surface area contributed by atoms with Crippen molar-refractivity contribution in [2.75, 3.05) is 19.6 Å². The summed E-state index contributed by atoms with van der Waals surface area (Å²) in [6.45, 7) is 13.5. The van der Waals surface area contributed by atoms with Crippen molar-refractivity contribution in [2.45, 2.75) is 33.7 Å². The smallest absolute Gasteiger partial charge is 0.423 e. The number of hydrogen-bond donors (Lipinski definition) is 4. The van der Waals surface area contributed by atoms with Crippen molar-refractivity contribution in [2.24, 2.45) is 0 Å². The van der Waals surface area contributed by atoms with Crippen LogP contribution < -0.4 is 16.1 Å². The van der Waals surface area contributed by atoms with Crippen LogP contribution in [0.2, 0.25) is 0 Å². The molecule has 1 aromatic carbocycles. The van der Waals surface area contributed by atoms with Crippen LogP contribution >= 0.6 is 0 Å². The van der Waals surface area contributed by atoms with E-state index in [9.17, 15) is 0 Å². The van der Waals surface area contributed by atoms with Crippen molar-refractivity contribution in [3.63, 3.8) is 0 Å². The van der Waals surface area contributed by atoms with Gasteiger partial charge in [0.05, 0.1) is 0 Å². The third-order valence-corrected chi connectivity index (χ3v) is 2.74. The van der Waals surface area contributed by atoms with Crippen LogP contribution in [0.5, 0.6) is 0 Å². The molecular formula is C16H29BN2O2. The molecule has 0 aliphatic heterocycles. The molecule has 0 atom stereocenters. The molecule has 0 heterocycles. The monoisotopic (exact) mass is 292 g/mol. The minimum Gasteiger partial charge on any atom is -0.423 e. The summed E-state index contributed by atoms with van der Waals surface area (Å²) in [6.07, 6.45) is 1.07. The molecule has 0 fully saturated rings. The van der Waals surface area contributed by atoms with Crippen LogP contribution in [0, 0.1) is 0 Å². The van der Waals surface area contributed by atoms with E-state index in [-0.39, 0.29) is 0 Å². The van der Waals surface area contributed by atoms with Crippen LogP contribution in [0.4, 0.5) is 0 Å². The van der Waals surface area contributed by atoms with Gasteiger partial charge in [-0.3, -0.25) is 0 Å². The van der Waals surface area contributed by atoms with Crippen LogP contribution in [0.3, 0.4) is 0 Å². The third-order valence-electron chi connectivity index (χ3n) is 2.74. The van der Waals surface area contributed by atoms with Crippen molar-refractivity contribution in [1.82, 2.24) is 10.6 Å². The minimum absolute atomic E-state index is 0.521. The fourth-order valence-electron chi connectivity index (χ4n) is 1.68. The van der Waals surface area contributed by atoms with Gasteiger partial charge >= 0.3 is 7.12 Å². The van der Waals surface area contributed by atoms with E-state index in [1.807, 2.05) is 32.9 Å². The number of benzene rings is 1. The van der Waals surface area contributed by atoms with Crippen molar-refractivity contribution in [3.8, 4) is 0 Å². The Morgan fingerprint density at radius 1 is 1.10 bits per heavy atom. The summed E-state index contributed by atoms with van der Waals surface area (Å²) in [7, 11) is -1.39. The average molecular weight is 292 g/mol. The second kappa shape index (κ2) is 12.6. The van der Waals surface area contributed by atoms with Crippen molar-refractivity contribution < 1.29 is 10.0 Å². The maximum Gasteiger partial charge on any atom is 0.488 e. The maximum absolute atomic E-state index is 8.98. The lowest BCUT2D eigenvalue weighted by atomic mass is 9.80. The lowest BCUT2D eigenvalue weighted by Crippen LogP contribution is -2.29. The summed E-state index contributed by atoms with van der Waals surface area (Å²) in [5.74, 6) is 0. The third kappa shape index (κ3) is 10.3. The van der Waals surface area contributed by atoms with Crippen molar-refractivity contribution in [1.29, 1.82) is 0 Å². The Labute approximate surface area is 129 Å². The Bertz CT molecular complexity index is 380. The molecule has 0 amide bonds. The van der Waals surface area contributed by atoms with Gasteiger partial charge in [0.15, 0.2) is 0 Å². The molecule has 21 heavy (non-hydrogen) atoms. The molecule has 0 radical (unpaired) electrons. The molecule has 4 N–H and O–H groups in total. The predicted octanol–water partition coefficient (Wildman–Crippen LogP) is 1.04. The van der Waals surface area contributed by atoms with E-state index < -0.39 is 7.12 Å². The van der Waals surface area contributed by atoms with Gasteiger partial charge in [-0.1, -0.05) is 50.3 Å². The Hall–Kier alpha value is -1.14. The van der Waals surface area contributed by atoms with Crippen LogP contribution in [-0.2, 0) is 6.54 Å². The second-order valence-corrected chi connectivity index (χ2v) is 4.78. The van der Waals surface area contributed by atoms with Gasteiger partial charge in [-0.25, -0.2) is 0 Å². The van der Waals surface area contributed by atoms with Gasteiger partial charge < -0.3 is 20.7 Å². The van der Waals surface area contributed by atoms with Gasteiger partial charge in [-0.05, 0) is 37.5 Å². The summed E-state index contributed by atoms with van der Waals surface area (Å²) in [6, 6.07) is 7.27. The topological polar surface area (TPSA) is 64.5 Å². The standard InChI is InChI=1S/C14H23BN2O2.C2H6/c1-12(2)10-16-8-3-9-17-11-13-4-6-14(7-5-13)15(18)19;1-2/h4-7,16-19H,1,3,8-11H2,2H3;1-2H3. The van der Waals surface area contributed by atoms with E-state index in [0.717, 1.165) is 43.7 Å². The fraction of sp³-hybridized carbons (Fsp3) is 0.500. The first kappa shape index (κ1) is 19.9. The normalized spacial score (nSPS) is 9.76. The summed E-state index contributed by atoms with van der Waals surface area (Å²) < 4.78 is 0. The molecule has 0 spiro atoms. The van der Waals surface area contributed by atoms with E-state index in [1.165, 1.54) is 0 Å². The Kier molecular flexibility index (Phi) is 11.9. The molecule has 4 nitrogen and oxygen atoms in total. The first-order chi connectivity index (χ1) is 10.1. The van der Waals surface area contributed by atoms with E-state index >= 15 is 0 Å². The van der Waals surface area contributed by atoms with Gasteiger partial charge in [-0.2, -0.15) is 0 Å². The van der Waals surface area contributed by atoms with Crippen LogP contribution in [0.1, 0.15) is 32.8 Å². The molecule has 0 aliphatic rings. The molecule has 1 aromatic rings. The Balaban J connectivity index is 0.00000191. The van der Waals surface area contributed by atoms with Crippen LogP contribution in [0.15, 0.2) is 36.4 Å². The molecule has 5 heteroatoms. The van der Waals surface area contributed by atoms with Gasteiger partial charge in [0, 0.05) is 13.1 Å². The summed E-state index contributed by atoms with van der Waals surface area (Å²) in [5, 5.41) is 24.6. The molecule has 0 bridgehead atoms. The zero-order chi connectivity index (χ0) is 16.1. The summed E-state index contributed by atoms with van der Waals surface area (Å²) >= 11 is 0. The summed E-state index contributed by atoms with van der Waals surface area (Å²) in [4.78, 5) is 0. The molecule has 1 rings (SSSR count). The molecule has 0 aliphatic carbocycles. The lowest BCUT2D eigenvalue weighted by Gasteiger charge is -2.07. The number of nitrogens with one attached hydrogen (secondary N) is 2. The molecule has 0 unspecified atom stereocenters. The highest BCUT2D eigenvalue weighted by atomic mass is 16.4. The predicted molar refractivity (Wildman–Crippen MR) is 91.6 cm³/mol. The number of hydrogen-bond acceptors (Lipinski definition) is 4. The van der Waals surface area contributed by atoms with Crippen LogP contribution in [-0.4, -0.2) is 36.8 Å². The van der Waals surface area contributed by atoms with Crippen molar-refractivity contribution >= 4 is 12.6 Å². The van der Waals surface area contributed by atoms with E-state index in [4.69, 9.17) is 10.0 Å². The largest absolute Gasteiger partial charge is 0.488 e. The van der Waals surface area contributed by atoms with E-state index in [0.29, 0.717) is 5.46 Å². The SMILES string of the molecule is C=C(C)CNCCCNCc1ccc(B(O)O)cc1.CC. The Morgan fingerprint density at radius 3 is 2.19 bits per heavy atom. The molecular weight excluding hydrogens is 263 g/mol. The second-order valence-electron chi connectivity index (χ2n) is 4.78. The molecule has 118 valence electrons. The van der Waals surface area contributed by atoms with E-state index in [1.54, 1.807) is 12.1 Å². The van der Waals surface area contributed by atoms with E-state index in [2.05, 4.69) is 17.2 Å². The zero-order valence-electron chi connectivity index (χ0n) is 13.5.